The smallest absolute Gasteiger partial charge is 0.291 e. The molecule has 1 aliphatic rings. The fraction of sp³-hybridized carbons (Fsp3) is 0.250. The van der Waals surface area contributed by atoms with Crippen molar-refractivity contribution in [1.82, 2.24) is 10.3 Å². The normalized spacial score (nSPS) is 14.6. The Hall–Kier alpha value is -2.97. The zero-order valence-electron chi connectivity index (χ0n) is 15.1. The molecule has 28 heavy (non-hydrogen) atoms. The molecule has 1 aromatic carbocycles. The number of amides is 2. The van der Waals surface area contributed by atoms with Gasteiger partial charge in [0.2, 0.25) is 0 Å². The number of thiazole rings is 1. The number of furan rings is 1. The van der Waals surface area contributed by atoms with Crippen LogP contribution < -0.4 is 16.0 Å². The predicted octanol–water partition coefficient (Wildman–Crippen LogP) is 3.71. The van der Waals surface area contributed by atoms with Crippen LogP contribution in [-0.2, 0) is 0 Å². The summed E-state index contributed by atoms with van der Waals surface area (Å²) in [5.74, 6) is 0.0852. The molecule has 144 valence electrons. The maximum atomic E-state index is 12.6. The second-order valence-electron chi connectivity index (χ2n) is 6.56. The second-order valence-corrected chi connectivity index (χ2v) is 7.62. The Morgan fingerprint density at radius 1 is 1.11 bits per heavy atom. The lowest BCUT2D eigenvalue weighted by Crippen LogP contribution is -2.26. The molecule has 1 aliphatic heterocycles. The lowest BCUT2D eigenvalue weighted by atomic mass is 9.97. The summed E-state index contributed by atoms with van der Waals surface area (Å²) >= 11 is 1.52. The number of rotatable bonds is 5. The minimum atomic E-state index is -0.367. The Morgan fingerprint density at radius 2 is 1.96 bits per heavy atom. The number of nitrogens with zero attached hydrogens (tertiary/aromatic N) is 1. The number of carbonyl (C=O) groups is 2. The quantitative estimate of drug-likeness (QED) is 0.611. The second kappa shape index (κ2) is 8.37. The molecule has 3 heterocycles. The van der Waals surface area contributed by atoms with Crippen molar-refractivity contribution in [2.24, 2.45) is 0 Å². The van der Waals surface area contributed by atoms with Gasteiger partial charge in [-0.2, -0.15) is 0 Å². The average Bonchev–Trinajstić information content (AvgIpc) is 3.41. The first kappa shape index (κ1) is 18.4. The van der Waals surface area contributed by atoms with Gasteiger partial charge in [0.15, 0.2) is 10.9 Å². The minimum absolute atomic E-state index is 0.211. The van der Waals surface area contributed by atoms with Crippen molar-refractivity contribution in [3.63, 3.8) is 0 Å². The van der Waals surface area contributed by atoms with E-state index in [1.54, 1.807) is 36.4 Å². The van der Waals surface area contributed by atoms with Crippen molar-refractivity contribution in [3.8, 4) is 0 Å². The van der Waals surface area contributed by atoms with Crippen molar-refractivity contribution >= 4 is 34.0 Å². The largest absolute Gasteiger partial charge is 0.459 e. The van der Waals surface area contributed by atoms with Crippen LogP contribution in [0.1, 0.15) is 44.5 Å². The van der Waals surface area contributed by atoms with Crippen molar-refractivity contribution in [2.45, 2.75) is 18.8 Å². The van der Waals surface area contributed by atoms with Crippen LogP contribution in [-0.4, -0.2) is 29.9 Å². The fourth-order valence-corrected chi connectivity index (χ4v) is 4.13. The molecule has 0 atom stereocenters. The minimum Gasteiger partial charge on any atom is -0.459 e. The van der Waals surface area contributed by atoms with E-state index in [1.807, 2.05) is 6.20 Å². The third kappa shape index (κ3) is 4.29. The molecule has 0 bridgehead atoms. The Kier molecular flexibility index (Phi) is 5.50. The molecule has 3 N–H and O–H groups in total. The molecule has 2 aromatic heterocycles. The molecule has 4 rings (SSSR count). The summed E-state index contributed by atoms with van der Waals surface area (Å²) in [4.78, 5) is 30.2. The van der Waals surface area contributed by atoms with Crippen molar-refractivity contribution in [3.05, 3.63) is 65.1 Å². The first-order valence-corrected chi connectivity index (χ1v) is 9.93. The summed E-state index contributed by atoms with van der Waals surface area (Å²) in [5, 5.41) is 9.50. The summed E-state index contributed by atoms with van der Waals surface area (Å²) in [6.45, 7) is 2.03. The number of benzene rings is 1. The van der Waals surface area contributed by atoms with E-state index < -0.39 is 0 Å². The molecule has 7 nitrogen and oxygen atoms in total. The van der Waals surface area contributed by atoms with E-state index in [0.29, 0.717) is 22.3 Å². The van der Waals surface area contributed by atoms with E-state index in [-0.39, 0.29) is 17.6 Å². The molecule has 8 heteroatoms. The van der Waals surface area contributed by atoms with Crippen molar-refractivity contribution in [2.75, 3.05) is 23.7 Å². The Bertz CT molecular complexity index is 962. The van der Waals surface area contributed by atoms with E-state index in [9.17, 15) is 9.59 Å². The Morgan fingerprint density at radius 3 is 2.75 bits per heavy atom. The first-order valence-electron chi connectivity index (χ1n) is 9.12. The highest BCUT2D eigenvalue weighted by atomic mass is 32.1. The number of anilines is 2. The van der Waals surface area contributed by atoms with Gasteiger partial charge >= 0.3 is 0 Å². The fourth-order valence-electron chi connectivity index (χ4n) is 3.15. The molecule has 0 unspecified atom stereocenters. The lowest BCUT2D eigenvalue weighted by molar-refractivity contribution is 0.0993. The number of aromatic nitrogens is 1. The maximum absolute atomic E-state index is 12.6. The summed E-state index contributed by atoms with van der Waals surface area (Å²) in [5.41, 5.74) is 0.958. The van der Waals surface area contributed by atoms with Gasteiger partial charge in [0.25, 0.3) is 11.8 Å². The Labute approximate surface area is 166 Å². The molecule has 1 fully saturated rings. The van der Waals surface area contributed by atoms with E-state index in [2.05, 4.69) is 20.9 Å². The standard InChI is InChI=1S/C20H20N4O3S/c25-18(24-20-22-12-17(28-20)13-6-8-21-9-7-13)14-3-1-4-15(11-14)23-19(26)16-5-2-10-27-16/h1-5,10-13,21H,6-9H2,(H,23,26)(H,22,24,25). The van der Waals surface area contributed by atoms with Gasteiger partial charge in [0.1, 0.15) is 0 Å². The van der Waals surface area contributed by atoms with Gasteiger partial charge in [-0.1, -0.05) is 6.07 Å². The van der Waals surface area contributed by atoms with Crippen molar-refractivity contribution in [1.29, 1.82) is 0 Å². The van der Waals surface area contributed by atoms with Gasteiger partial charge in [-0.3, -0.25) is 14.9 Å². The van der Waals surface area contributed by atoms with Gasteiger partial charge < -0.3 is 15.1 Å². The highest BCUT2D eigenvalue weighted by Crippen LogP contribution is 2.31. The number of carbonyl (C=O) groups excluding carboxylic acids is 2. The van der Waals surface area contributed by atoms with Gasteiger partial charge in [-0.25, -0.2) is 4.98 Å². The van der Waals surface area contributed by atoms with Crippen molar-refractivity contribution < 1.29 is 14.0 Å². The zero-order valence-corrected chi connectivity index (χ0v) is 15.9. The first-order chi connectivity index (χ1) is 13.7. The third-order valence-corrected chi connectivity index (χ3v) is 5.69. The zero-order chi connectivity index (χ0) is 19.3. The topological polar surface area (TPSA) is 96.3 Å². The van der Waals surface area contributed by atoms with Crippen LogP contribution in [0.4, 0.5) is 10.8 Å². The summed E-state index contributed by atoms with van der Waals surface area (Å²) in [6.07, 6.45) is 5.47. The average molecular weight is 396 g/mol. The SMILES string of the molecule is O=C(Nc1ncc(C2CCNCC2)s1)c1cccc(NC(=O)c2ccco2)c1. The molecule has 0 radical (unpaired) electrons. The molecule has 2 amide bonds. The predicted molar refractivity (Wildman–Crippen MR) is 108 cm³/mol. The number of nitrogens with one attached hydrogen (secondary N) is 3. The highest BCUT2D eigenvalue weighted by molar-refractivity contribution is 7.15. The number of piperidine rings is 1. The van der Waals surface area contributed by atoms with E-state index in [1.165, 1.54) is 22.5 Å². The van der Waals surface area contributed by atoms with Gasteiger partial charge in [-0.05, 0) is 62.2 Å². The molecule has 0 spiro atoms. The molecule has 0 aliphatic carbocycles. The van der Waals surface area contributed by atoms with Crippen LogP contribution in [0.5, 0.6) is 0 Å². The summed E-state index contributed by atoms with van der Waals surface area (Å²) in [7, 11) is 0. The third-order valence-electron chi connectivity index (χ3n) is 4.61. The van der Waals surface area contributed by atoms with Crippen LogP contribution >= 0.6 is 11.3 Å². The molecule has 3 aromatic rings. The van der Waals surface area contributed by atoms with Gasteiger partial charge in [0, 0.05) is 22.3 Å². The maximum Gasteiger partial charge on any atom is 0.291 e. The van der Waals surface area contributed by atoms with Crippen LogP contribution in [0, 0.1) is 0 Å². The van der Waals surface area contributed by atoms with Gasteiger partial charge in [0.05, 0.1) is 6.26 Å². The Balaban J connectivity index is 1.41. The van der Waals surface area contributed by atoms with E-state index in [4.69, 9.17) is 4.42 Å². The van der Waals surface area contributed by atoms with E-state index in [0.717, 1.165) is 25.9 Å². The molecule has 1 saturated heterocycles. The van der Waals surface area contributed by atoms with Crippen LogP contribution in [0.25, 0.3) is 0 Å². The molecule has 0 saturated carbocycles. The monoisotopic (exact) mass is 396 g/mol. The highest BCUT2D eigenvalue weighted by Gasteiger charge is 2.19. The van der Waals surface area contributed by atoms with Crippen LogP contribution in [0.3, 0.4) is 0 Å². The van der Waals surface area contributed by atoms with Gasteiger partial charge in [-0.15, -0.1) is 11.3 Å². The molecular weight excluding hydrogens is 376 g/mol. The van der Waals surface area contributed by atoms with Crippen LogP contribution in [0.15, 0.2) is 53.3 Å². The lowest BCUT2D eigenvalue weighted by Gasteiger charge is -2.20. The van der Waals surface area contributed by atoms with E-state index >= 15 is 0 Å². The number of hydrogen-bond acceptors (Lipinski definition) is 6. The summed E-state index contributed by atoms with van der Waals surface area (Å²) in [6, 6.07) is 9.97. The molecular formula is C20H20N4O3S. The summed E-state index contributed by atoms with van der Waals surface area (Å²) < 4.78 is 5.07. The van der Waals surface area contributed by atoms with Crippen LogP contribution in [0.2, 0.25) is 0 Å². The number of hydrogen-bond donors (Lipinski definition) is 3.